The molecule has 3 rings (SSSR count). The smallest absolute Gasteiger partial charge is 0.247 e. The van der Waals surface area contributed by atoms with E-state index in [1.807, 2.05) is 48.5 Å². The van der Waals surface area contributed by atoms with Gasteiger partial charge in [0.15, 0.2) is 0 Å². The molecule has 0 saturated carbocycles. The lowest BCUT2D eigenvalue weighted by molar-refractivity contribution is 0.405. The zero-order chi connectivity index (χ0) is 17.5. The Labute approximate surface area is 149 Å². The summed E-state index contributed by atoms with van der Waals surface area (Å²) in [7, 11) is -2.16. The first-order valence-corrected chi connectivity index (χ1v) is 11.2. The van der Waals surface area contributed by atoms with E-state index in [9.17, 15) is 0 Å². The quantitative estimate of drug-likeness (QED) is 0.519. The van der Waals surface area contributed by atoms with Crippen LogP contribution in [0.2, 0.25) is 13.1 Å². The maximum Gasteiger partial charge on any atom is 0.247 e. The minimum absolute atomic E-state index is 0.845. The average molecular weight is 347 g/mol. The van der Waals surface area contributed by atoms with Gasteiger partial charge in [0.2, 0.25) is 8.32 Å². The van der Waals surface area contributed by atoms with Crippen LogP contribution < -0.4 is 5.48 Å². The molecule has 1 aromatic heterocycles. The normalized spacial score (nSPS) is 12.0. The molecule has 4 nitrogen and oxygen atoms in total. The molecule has 0 aliphatic rings. The molecule has 2 aromatic carbocycles. The fourth-order valence-corrected chi connectivity index (χ4v) is 3.88. The molecule has 0 saturated heterocycles. The molecule has 0 radical (unpaired) electrons. The molecule has 1 heterocycles. The van der Waals surface area contributed by atoms with Gasteiger partial charge in [-0.3, -0.25) is 15.4 Å². The van der Waals surface area contributed by atoms with Gasteiger partial charge in [0, 0.05) is 18.0 Å². The fourth-order valence-electron chi connectivity index (χ4n) is 2.43. The van der Waals surface area contributed by atoms with E-state index in [2.05, 4.69) is 46.4 Å². The number of rotatable bonds is 6. The Morgan fingerprint density at radius 3 is 2.28 bits per heavy atom. The first-order chi connectivity index (χ1) is 12.1. The molecule has 0 fully saturated rings. The highest BCUT2D eigenvalue weighted by atomic mass is 28.4. The third-order valence-corrected chi connectivity index (χ3v) is 5.23. The molecular weight excluding hydrogens is 326 g/mol. The summed E-state index contributed by atoms with van der Waals surface area (Å²) in [5.74, 6) is 0. The summed E-state index contributed by atoms with van der Waals surface area (Å²) < 4.78 is 6.05. The maximum absolute atomic E-state index is 6.05. The molecule has 25 heavy (non-hydrogen) atoms. The third kappa shape index (κ3) is 4.85. The summed E-state index contributed by atoms with van der Waals surface area (Å²) in [6, 6.07) is 20.1. The molecule has 0 unspecified atom stereocenters. The highest BCUT2D eigenvalue weighted by molar-refractivity contribution is 6.77. The molecule has 5 heteroatoms. The van der Waals surface area contributed by atoms with E-state index in [0.717, 1.165) is 22.5 Å². The van der Waals surface area contributed by atoms with Crippen molar-refractivity contribution in [1.82, 2.24) is 9.97 Å². The number of nitrogens with zero attached hydrogens (tertiary/aromatic N) is 2. The van der Waals surface area contributed by atoms with Crippen molar-refractivity contribution in [2.75, 3.05) is 5.48 Å². The van der Waals surface area contributed by atoms with Crippen LogP contribution in [-0.4, -0.2) is 18.3 Å². The van der Waals surface area contributed by atoms with Crippen molar-refractivity contribution in [3.8, 4) is 0 Å². The largest absolute Gasteiger partial charge is 0.317 e. The van der Waals surface area contributed by atoms with Crippen LogP contribution in [0, 0.1) is 0 Å². The predicted octanol–water partition coefficient (Wildman–Crippen LogP) is 4.70. The first kappa shape index (κ1) is 17.1. The van der Waals surface area contributed by atoms with Crippen LogP contribution >= 0.6 is 0 Å². The predicted molar refractivity (Wildman–Crippen MR) is 104 cm³/mol. The van der Waals surface area contributed by atoms with Crippen molar-refractivity contribution in [2.45, 2.75) is 13.1 Å². The average Bonchev–Trinajstić information content (AvgIpc) is 2.67. The van der Waals surface area contributed by atoms with Crippen LogP contribution in [0.15, 0.2) is 85.0 Å². The van der Waals surface area contributed by atoms with Crippen LogP contribution in [0.3, 0.4) is 0 Å². The van der Waals surface area contributed by atoms with E-state index in [-0.39, 0.29) is 0 Å². The number of nitrogens with one attached hydrogen (secondary N) is 1. The SMILES string of the molecule is C[Si](C)(/C=C(\c1ccccc1)c1cnccn1)ONc1ccccc1. The Bertz CT molecular complexity index is 780. The fraction of sp³-hybridized carbons (Fsp3) is 0.100. The maximum atomic E-state index is 6.05. The number of benzene rings is 2. The van der Waals surface area contributed by atoms with E-state index in [0.29, 0.717) is 0 Å². The molecule has 0 aliphatic heterocycles. The topological polar surface area (TPSA) is 47.0 Å². The Kier molecular flexibility index (Phi) is 5.38. The molecule has 0 amide bonds. The standard InChI is InChI=1S/C20H21N3OSi/c1-25(2,24-23-18-11-7-4-8-12-18)16-19(17-9-5-3-6-10-17)20-15-21-13-14-22-20/h3-16,23H,1-2H3/b19-16+. The highest BCUT2D eigenvalue weighted by Gasteiger charge is 2.23. The Hall–Kier alpha value is -2.76. The zero-order valence-electron chi connectivity index (χ0n) is 14.4. The number of para-hydroxylation sites is 1. The summed E-state index contributed by atoms with van der Waals surface area (Å²) >= 11 is 0. The van der Waals surface area contributed by atoms with E-state index in [1.165, 1.54) is 0 Å². The van der Waals surface area contributed by atoms with Crippen molar-refractivity contribution in [3.05, 3.63) is 96.2 Å². The van der Waals surface area contributed by atoms with Gasteiger partial charge in [-0.15, -0.1) is 0 Å². The van der Waals surface area contributed by atoms with Crippen LogP contribution in [0.4, 0.5) is 5.69 Å². The third-order valence-electron chi connectivity index (χ3n) is 3.62. The summed E-state index contributed by atoms with van der Waals surface area (Å²) in [4.78, 5) is 8.68. The van der Waals surface area contributed by atoms with Crippen molar-refractivity contribution >= 4 is 19.6 Å². The second-order valence-corrected chi connectivity index (χ2v) is 9.89. The van der Waals surface area contributed by atoms with Gasteiger partial charge in [0.1, 0.15) is 0 Å². The van der Waals surface area contributed by atoms with Crippen LogP contribution in [-0.2, 0) is 4.53 Å². The number of anilines is 1. The van der Waals surface area contributed by atoms with Gasteiger partial charge < -0.3 is 4.53 Å². The second-order valence-electron chi connectivity index (χ2n) is 6.19. The van der Waals surface area contributed by atoms with Gasteiger partial charge in [-0.05, 0) is 30.8 Å². The Balaban J connectivity index is 1.89. The lowest BCUT2D eigenvalue weighted by atomic mass is 10.1. The van der Waals surface area contributed by atoms with Gasteiger partial charge >= 0.3 is 0 Å². The Morgan fingerprint density at radius 1 is 0.960 bits per heavy atom. The number of hydrogen-bond acceptors (Lipinski definition) is 4. The van der Waals surface area contributed by atoms with Crippen LogP contribution in [0.5, 0.6) is 0 Å². The van der Waals surface area contributed by atoms with Crippen molar-refractivity contribution in [3.63, 3.8) is 0 Å². The van der Waals surface area contributed by atoms with Gasteiger partial charge in [-0.2, -0.15) is 0 Å². The van der Waals surface area contributed by atoms with Gasteiger partial charge in [0.25, 0.3) is 0 Å². The molecular formula is C20H21N3OSi. The first-order valence-electron chi connectivity index (χ1n) is 8.18. The second kappa shape index (κ2) is 7.87. The van der Waals surface area contributed by atoms with E-state index >= 15 is 0 Å². The van der Waals surface area contributed by atoms with Crippen LogP contribution in [0.1, 0.15) is 11.3 Å². The van der Waals surface area contributed by atoms with Crippen molar-refractivity contribution in [1.29, 1.82) is 0 Å². The monoisotopic (exact) mass is 347 g/mol. The zero-order valence-corrected chi connectivity index (χ0v) is 15.4. The van der Waals surface area contributed by atoms with Gasteiger partial charge in [-0.25, -0.2) is 0 Å². The van der Waals surface area contributed by atoms with E-state index < -0.39 is 8.32 Å². The van der Waals surface area contributed by atoms with E-state index in [1.54, 1.807) is 18.6 Å². The van der Waals surface area contributed by atoms with Crippen molar-refractivity contribution in [2.24, 2.45) is 0 Å². The molecule has 0 aliphatic carbocycles. The van der Waals surface area contributed by atoms with Crippen LogP contribution in [0.25, 0.3) is 5.57 Å². The number of hydrogen-bond donors (Lipinski definition) is 1. The molecule has 0 atom stereocenters. The summed E-state index contributed by atoms with van der Waals surface area (Å²) in [5.41, 5.74) is 9.20. The molecule has 126 valence electrons. The molecule has 0 spiro atoms. The van der Waals surface area contributed by atoms with Gasteiger partial charge in [0.05, 0.1) is 17.6 Å². The minimum atomic E-state index is -2.16. The van der Waals surface area contributed by atoms with Gasteiger partial charge in [-0.1, -0.05) is 54.2 Å². The highest BCUT2D eigenvalue weighted by Crippen LogP contribution is 2.24. The molecule has 1 N–H and O–H groups in total. The Morgan fingerprint density at radius 2 is 1.64 bits per heavy atom. The van der Waals surface area contributed by atoms with Crippen molar-refractivity contribution < 1.29 is 4.53 Å². The minimum Gasteiger partial charge on any atom is -0.317 e. The lowest BCUT2D eigenvalue weighted by Crippen LogP contribution is -2.31. The van der Waals surface area contributed by atoms with E-state index in [4.69, 9.17) is 4.53 Å². The number of aromatic nitrogens is 2. The summed E-state index contributed by atoms with van der Waals surface area (Å²) in [6.07, 6.45) is 5.18. The summed E-state index contributed by atoms with van der Waals surface area (Å²) in [6.45, 7) is 4.28. The summed E-state index contributed by atoms with van der Waals surface area (Å²) in [5, 5.41) is 0. The molecule has 0 bridgehead atoms. The molecule has 3 aromatic rings. The lowest BCUT2D eigenvalue weighted by Gasteiger charge is -2.21.